The van der Waals surface area contributed by atoms with Crippen molar-refractivity contribution >= 4 is 17.7 Å². The molecular weight excluding hydrogens is 350 g/mol. The van der Waals surface area contributed by atoms with E-state index in [-0.39, 0.29) is 30.8 Å². The van der Waals surface area contributed by atoms with Gasteiger partial charge in [-0.1, -0.05) is 17.7 Å². The van der Waals surface area contributed by atoms with E-state index in [1.807, 2.05) is 32.0 Å². The average molecular weight is 373 g/mol. The normalized spacial score (nSPS) is 11.4. The van der Waals surface area contributed by atoms with Gasteiger partial charge in [0.15, 0.2) is 5.76 Å². The molecule has 0 spiro atoms. The minimum Gasteiger partial charge on any atom is -0.496 e. The molecule has 1 aromatic heterocycles. The second-order valence-corrected chi connectivity index (χ2v) is 5.97. The molecule has 0 saturated carbocycles. The van der Waals surface area contributed by atoms with Crippen LogP contribution in [0.1, 0.15) is 34.6 Å². The smallest absolute Gasteiger partial charge is 0.287 e. The van der Waals surface area contributed by atoms with Crippen molar-refractivity contribution in [3.8, 4) is 5.75 Å². The Hall–Kier alpha value is -3.29. The van der Waals surface area contributed by atoms with Crippen LogP contribution in [0.4, 0.5) is 0 Å². The second kappa shape index (κ2) is 9.42. The second-order valence-electron chi connectivity index (χ2n) is 5.97. The van der Waals surface area contributed by atoms with E-state index in [4.69, 9.17) is 9.15 Å². The Morgan fingerprint density at radius 2 is 1.85 bits per heavy atom. The highest BCUT2D eigenvalue weighted by Crippen LogP contribution is 2.25. The van der Waals surface area contributed by atoms with Crippen LogP contribution in [-0.4, -0.2) is 37.9 Å². The Labute approximate surface area is 157 Å². The number of ether oxygens (including phenoxy) is 1. The number of benzene rings is 1. The van der Waals surface area contributed by atoms with Crippen LogP contribution in [-0.2, 0) is 9.59 Å². The van der Waals surface area contributed by atoms with E-state index >= 15 is 0 Å². The van der Waals surface area contributed by atoms with Gasteiger partial charge in [0.05, 0.1) is 32.5 Å². The number of nitrogens with one attached hydrogen (secondary N) is 3. The van der Waals surface area contributed by atoms with Crippen LogP contribution in [0, 0.1) is 6.92 Å². The van der Waals surface area contributed by atoms with Gasteiger partial charge in [-0.25, -0.2) is 0 Å². The molecule has 0 radical (unpaired) electrons. The van der Waals surface area contributed by atoms with Gasteiger partial charge >= 0.3 is 0 Å². The molecule has 8 heteroatoms. The van der Waals surface area contributed by atoms with Crippen LogP contribution < -0.4 is 20.7 Å². The summed E-state index contributed by atoms with van der Waals surface area (Å²) in [6.45, 7) is 3.33. The van der Waals surface area contributed by atoms with Gasteiger partial charge in [-0.2, -0.15) is 0 Å². The summed E-state index contributed by atoms with van der Waals surface area (Å²) in [4.78, 5) is 35.5. The Bertz CT molecular complexity index is 802. The first-order valence-electron chi connectivity index (χ1n) is 8.43. The highest BCUT2D eigenvalue weighted by Gasteiger charge is 2.15. The lowest BCUT2D eigenvalue weighted by molar-refractivity contribution is -0.125. The molecule has 0 aliphatic heterocycles. The Morgan fingerprint density at radius 3 is 2.52 bits per heavy atom. The van der Waals surface area contributed by atoms with Crippen LogP contribution in [0.5, 0.6) is 5.75 Å². The molecule has 1 heterocycles. The molecular formula is C19H23N3O5. The van der Waals surface area contributed by atoms with Gasteiger partial charge in [0, 0.05) is 5.56 Å². The fourth-order valence-electron chi connectivity index (χ4n) is 2.46. The van der Waals surface area contributed by atoms with Gasteiger partial charge in [-0.3, -0.25) is 14.4 Å². The number of carbonyl (C=O) groups excluding carboxylic acids is 3. The van der Waals surface area contributed by atoms with Crippen molar-refractivity contribution in [2.75, 3.05) is 20.2 Å². The van der Waals surface area contributed by atoms with Crippen molar-refractivity contribution in [1.29, 1.82) is 0 Å². The van der Waals surface area contributed by atoms with Gasteiger partial charge in [0.1, 0.15) is 5.75 Å². The summed E-state index contributed by atoms with van der Waals surface area (Å²) in [5.74, 6) is -0.540. The van der Waals surface area contributed by atoms with E-state index in [0.717, 1.165) is 11.1 Å². The maximum atomic E-state index is 12.1. The fraction of sp³-hybridized carbons (Fsp3) is 0.316. The van der Waals surface area contributed by atoms with E-state index in [2.05, 4.69) is 16.0 Å². The number of hydrogen-bond donors (Lipinski definition) is 3. The van der Waals surface area contributed by atoms with Crippen LogP contribution in [0.3, 0.4) is 0 Å². The van der Waals surface area contributed by atoms with Gasteiger partial charge < -0.3 is 25.1 Å². The summed E-state index contributed by atoms with van der Waals surface area (Å²) in [5, 5.41) is 7.66. The Balaban J connectivity index is 1.77. The molecule has 0 fully saturated rings. The topological polar surface area (TPSA) is 110 Å². The first-order valence-corrected chi connectivity index (χ1v) is 8.43. The summed E-state index contributed by atoms with van der Waals surface area (Å²) < 4.78 is 10.2. The zero-order chi connectivity index (χ0) is 19.8. The summed E-state index contributed by atoms with van der Waals surface area (Å²) in [7, 11) is 1.57. The van der Waals surface area contributed by atoms with Gasteiger partial charge in [-0.05, 0) is 32.0 Å². The monoisotopic (exact) mass is 373 g/mol. The summed E-state index contributed by atoms with van der Waals surface area (Å²) >= 11 is 0. The number of furan rings is 1. The molecule has 0 aliphatic carbocycles. The van der Waals surface area contributed by atoms with E-state index < -0.39 is 11.8 Å². The highest BCUT2D eigenvalue weighted by atomic mass is 16.5. The van der Waals surface area contributed by atoms with Gasteiger partial charge in [-0.15, -0.1) is 0 Å². The summed E-state index contributed by atoms with van der Waals surface area (Å²) in [6.07, 6.45) is 1.36. The number of hydrogen-bond acceptors (Lipinski definition) is 5. The van der Waals surface area contributed by atoms with Crippen molar-refractivity contribution in [3.05, 3.63) is 53.5 Å². The molecule has 27 heavy (non-hydrogen) atoms. The molecule has 3 amide bonds. The van der Waals surface area contributed by atoms with Crippen LogP contribution in [0.25, 0.3) is 0 Å². The molecule has 0 bridgehead atoms. The molecule has 1 aromatic carbocycles. The minimum atomic E-state index is -0.500. The van der Waals surface area contributed by atoms with Gasteiger partial charge in [0.2, 0.25) is 11.8 Å². The number of amides is 3. The lowest BCUT2D eigenvalue weighted by Crippen LogP contribution is -2.42. The van der Waals surface area contributed by atoms with Crippen molar-refractivity contribution in [1.82, 2.24) is 16.0 Å². The molecule has 2 aromatic rings. The minimum absolute atomic E-state index is 0.112. The standard InChI is InChI=1S/C19H23N3O5/c1-12-6-7-15(26-3)14(9-12)13(2)22-18(24)11-20-17(23)10-21-19(25)16-5-4-8-27-16/h4-9,13H,10-11H2,1-3H3,(H,20,23)(H,21,25)(H,22,24)/t13-/m0/s1. The largest absolute Gasteiger partial charge is 0.496 e. The van der Waals surface area contributed by atoms with E-state index in [1.54, 1.807) is 13.2 Å². The molecule has 0 saturated heterocycles. The van der Waals surface area contributed by atoms with E-state index in [0.29, 0.717) is 5.75 Å². The van der Waals surface area contributed by atoms with Crippen molar-refractivity contribution in [2.45, 2.75) is 19.9 Å². The van der Waals surface area contributed by atoms with Crippen LogP contribution in [0.15, 0.2) is 41.0 Å². The maximum Gasteiger partial charge on any atom is 0.287 e. The molecule has 0 unspecified atom stereocenters. The van der Waals surface area contributed by atoms with Crippen LogP contribution >= 0.6 is 0 Å². The van der Waals surface area contributed by atoms with Crippen molar-refractivity contribution < 1.29 is 23.5 Å². The predicted octanol–water partition coefficient (Wildman–Crippen LogP) is 1.32. The summed E-state index contributed by atoms with van der Waals surface area (Å²) in [6, 6.07) is 8.48. The third-order valence-electron chi connectivity index (χ3n) is 3.83. The van der Waals surface area contributed by atoms with Gasteiger partial charge in [0.25, 0.3) is 5.91 Å². The first kappa shape index (κ1) is 20.0. The third kappa shape index (κ3) is 5.88. The number of carbonyl (C=O) groups is 3. The zero-order valence-corrected chi connectivity index (χ0v) is 15.5. The zero-order valence-electron chi connectivity index (χ0n) is 15.5. The fourth-order valence-corrected chi connectivity index (χ4v) is 2.46. The van der Waals surface area contributed by atoms with E-state index in [1.165, 1.54) is 12.3 Å². The number of aryl methyl sites for hydroxylation is 1. The number of methoxy groups -OCH3 is 1. The molecule has 1 atom stereocenters. The molecule has 2 rings (SSSR count). The SMILES string of the molecule is COc1ccc(C)cc1[C@H](C)NC(=O)CNC(=O)CNC(=O)c1ccco1. The third-order valence-corrected chi connectivity index (χ3v) is 3.83. The van der Waals surface area contributed by atoms with Crippen LogP contribution in [0.2, 0.25) is 0 Å². The average Bonchev–Trinajstić information content (AvgIpc) is 3.19. The predicted molar refractivity (Wildman–Crippen MR) is 98.3 cm³/mol. The summed E-state index contributed by atoms with van der Waals surface area (Å²) in [5.41, 5.74) is 1.90. The first-order chi connectivity index (χ1) is 12.9. The number of rotatable bonds is 8. The molecule has 3 N–H and O–H groups in total. The van der Waals surface area contributed by atoms with Crippen molar-refractivity contribution in [3.63, 3.8) is 0 Å². The molecule has 8 nitrogen and oxygen atoms in total. The Kier molecular flexibility index (Phi) is 6.99. The highest BCUT2D eigenvalue weighted by molar-refractivity contribution is 5.94. The van der Waals surface area contributed by atoms with E-state index in [9.17, 15) is 14.4 Å². The molecule has 0 aliphatic rings. The lowest BCUT2D eigenvalue weighted by Gasteiger charge is -2.18. The van der Waals surface area contributed by atoms with Crippen molar-refractivity contribution in [2.24, 2.45) is 0 Å². The quantitative estimate of drug-likeness (QED) is 0.646. The lowest BCUT2D eigenvalue weighted by atomic mass is 10.0. The maximum absolute atomic E-state index is 12.1. The molecule has 144 valence electrons. The Morgan fingerprint density at radius 1 is 1.11 bits per heavy atom.